The van der Waals surface area contributed by atoms with Crippen molar-refractivity contribution in [1.82, 2.24) is 9.97 Å². The summed E-state index contributed by atoms with van der Waals surface area (Å²) in [7, 11) is 5.44. The van der Waals surface area contributed by atoms with Crippen LogP contribution in [0.4, 0.5) is 5.82 Å². The van der Waals surface area contributed by atoms with Gasteiger partial charge in [-0.15, -0.1) is 0 Å². The summed E-state index contributed by atoms with van der Waals surface area (Å²) in [6.45, 7) is 1.80. The predicted molar refractivity (Wildman–Crippen MR) is 47.1 cm³/mol. The highest BCUT2D eigenvalue weighted by atomic mass is 16.1. The van der Waals surface area contributed by atoms with Crippen molar-refractivity contribution in [2.45, 2.75) is 6.42 Å². The lowest BCUT2D eigenvalue weighted by atomic mass is 10.1. The maximum atomic E-state index is 11.2. The third-order valence-electron chi connectivity index (χ3n) is 1.94. The average Bonchev–Trinajstić information content (AvgIpc) is 1.93. The van der Waals surface area contributed by atoms with E-state index in [1.165, 1.54) is 6.20 Å². The molecule has 1 fully saturated rings. The molecular formula is C7H8BN3O. The summed E-state index contributed by atoms with van der Waals surface area (Å²) in [4.78, 5) is 19.6. The number of rotatable bonds is 1. The average molecular weight is 161 g/mol. The van der Waals surface area contributed by atoms with Gasteiger partial charge in [-0.25, -0.2) is 4.98 Å². The van der Waals surface area contributed by atoms with Crippen molar-refractivity contribution in [3.63, 3.8) is 0 Å². The van der Waals surface area contributed by atoms with Crippen LogP contribution in [0.2, 0.25) is 0 Å². The fraction of sp³-hybridized carbons (Fsp3) is 0.429. The molecule has 1 aromatic rings. The van der Waals surface area contributed by atoms with Crippen molar-refractivity contribution in [1.29, 1.82) is 0 Å². The molecule has 0 amide bonds. The van der Waals surface area contributed by atoms with E-state index in [1.54, 1.807) is 0 Å². The first kappa shape index (κ1) is 7.40. The molecule has 0 saturated carbocycles. The Hall–Kier alpha value is -1.26. The number of H-pyrrole nitrogens is 1. The fourth-order valence-electron chi connectivity index (χ4n) is 1.15. The minimum absolute atomic E-state index is 0.163. The van der Waals surface area contributed by atoms with Crippen LogP contribution in [0.15, 0.2) is 11.0 Å². The standard InChI is InChI=1S/C7H8BN3O/c8-5-4-9-7(12)6(10-5)11-2-1-3-11/h4H,1-3H2,(H,9,12). The van der Waals surface area contributed by atoms with Crippen LogP contribution in [0.1, 0.15) is 6.42 Å². The molecule has 2 radical (unpaired) electrons. The quantitative estimate of drug-likeness (QED) is 0.525. The van der Waals surface area contributed by atoms with Crippen LogP contribution in [-0.4, -0.2) is 30.9 Å². The van der Waals surface area contributed by atoms with Crippen molar-refractivity contribution in [2.24, 2.45) is 0 Å². The summed E-state index contributed by atoms with van der Waals surface area (Å²) in [6, 6.07) is 0. The molecule has 0 aromatic carbocycles. The first-order valence-corrected chi connectivity index (χ1v) is 3.87. The van der Waals surface area contributed by atoms with E-state index in [9.17, 15) is 4.79 Å². The van der Waals surface area contributed by atoms with Gasteiger partial charge in [0.05, 0.1) is 0 Å². The Morgan fingerprint density at radius 3 is 2.92 bits per heavy atom. The summed E-state index contributed by atoms with van der Waals surface area (Å²) < 4.78 is 0. The monoisotopic (exact) mass is 161 g/mol. The zero-order chi connectivity index (χ0) is 8.55. The second-order valence-corrected chi connectivity index (χ2v) is 2.82. The molecule has 1 N–H and O–H groups in total. The molecular weight excluding hydrogens is 153 g/mol. The van der Waals surface area contributed by atoms with Gasteiger partial charge in [0.1, 0.15) is 7.85 Å². The van der Waals surface area contributed by atoms with Crippen LogP contribution in [0, 0.1) is 0 Å². The number of anilines is 1. The second-order valence-electron chi connectivity index (χ2n) is 2.82. The van der Waals surface area contributed by atoms with E-state index >= 15 is 0 Å². The van der Waals surface area contributed by atoms with Gasteiger partial charge in [-0.3, -0.25) is 4.79 Å². The number of nitrogens with one attached hydrogen (secondary N) is 1. The highest BCUT2D eigenvalue weighted by Gasteiger charge is 2.18. The lowest BCUT2D eigenvalue weighted by Gasteiger charge is -2.31. The minimum Gasteiger partial charge on any atom is -0.352 e. The summed E-state index contributed by atoms with van der Waals surface area (Å²) in [5.74, 6) is 0.446. The molecule has 0 bridgehead atoms. The maximum absolute atomic E-state index is 11.2. The smallest absolute Gasteiger partial charge is 0.290 e. The first-order valence-electron chi connectivity index (χ1n) is 3.87. The topological polar surface area (TPSA) is 49.0 Å². The molecule has 1 aromatic heterocycles. The van der Waals surface area contributed by atoms with Crippen molar-refractivity contribution in [3.8, 4) is 0 Å². The largest absolute Gasteiger partial charge is 0.352 e. The molecule has 0 unspecified atom stereocenters. The Morgan fingerprint density at radius 1 is 1.58 bits per heavy atom. The molecule has 2 rings (SSSR count). The van der Waals surface area contributed by atoms with Crippen LogP contribution in [0.5, 0.6) is 0 Å². The Labute approximate surface area is 71.0 Å². The van der Waals surface area contributed by atoms with Gasteiger partial charge in [0, 0.05) is 24.9 Å². The SMILES string of the molecule is [B]c1c[nH]c(=O)c(N2CCC2)n1. The lowest BCUT2D eigenvalue weighted by Crippen LogP contribution is -2.42. The molecule has 5 heteroatoms. The summed E-state index contributed by atoms with van der Waals surface area (Å²) in [5, 5.41) is 0. The van der Waals surface area contributed by atoms with Gasteiger partial charge >= 0.3 is 0 Å². The van der Waals surface area contributed by atoms with E-state index in [-0.39, 0.29) is 5.56 Å². The third-order valence-corrected chi connectivity index (χ3v) is 1.94. The van der Waals surface area contributed by atoms with Crippen LogP contribution >= 0.6 is 0 Å². The number of hydrogen-bond acceptors (Lipinski definition) is 3. The van der Waals surface area contributed by atoms with Crippen LogP contribution < -0.4 is 16.1 Å². The molecule has 4 nitrogen and oxygen atoms in total. The van der Waals surface area contributed by atoms with E-state index in [0.29, 0.717) is 11.4 Å². The molecule has 60 valence electrons. The Balaban J connectivity index is 2.40. The highest BCUT2D eigenvalue weighted by molar-refractivity contribution is 6.30. The second kappa shape index (κ2) is 2.66. The number of nitrogens with zero attached hydrogens (tertiary/aromatic N) is 2. The summed E-state index contributed by atoms with van der Waals surface area (Å²) >= 11 is 0. The maximum Gasteiger partial charge on any atom is 0.290 e. The number of aromatic amines is 1. The van der Waals surface area contributed by atoms with Crippen molar-refractivity contribution < 1.29 is 0 Å². The first-order chi connectivity index (χ1) is 5.77. The van der Waals surface area contributed by atoms with Gasteiger partial charge in [-0.05, 0) is 6.42 Å². The molecule has 1 aliphatic rings. The zero-order valence-electron chi connectivity index (χ0n) is 6.58. The van der Waals surface area contributed by atoms with Crippen LogP contribution in [0.25, 0.3) is 0 Å². The van der Waals surface area contributed by atoms with Crippen molar-refractivity contribution in [2.75, 3.05) is 18.0 Å². The molecule has 0 aliphatic carbocycles. The number of aromatic nitrogens is 2. The Kier molecular flexibility index (Phi) is 1.64. The molecule has 0 spiro atoms. The lowest BCUT2D eigenvalue weighted by molar-refractivity contribution is 0.606. The van der Waals surface area contributed by atoms with Crippen molar-refractivity contribution in [3.05, 3.63) is 16.6 Å². The van der Waals surface area contributed by atoms with Gasteiger partial charge in [-0.2, -0.15) is 0 Å². The van der Waals surface area contributed by atoms with Crippen molar-refractivity contribution >= 4 is 19.3 Å². The number of hydrogen-bond donors (Lipinski definition) is 1. The predicted octanol–water partition coefficient (Wildman–Crippen LogP) is -1.23. The molecule has 12 heavy (non-hydrogen) atoms. The van der Waals surface area contributed by atoms with E-state index in [4.69, 9.17) is 7.85 Å². The van der Waals surface area contributed by atoms with E-state index in [0.717, 1.165) is 19.5 Å². The van der Waals surface area contributed by atoms with Crippen LogP contribution in [0.3, 0.4) is 0 Å². The minimum atomic E-state index is -0.163. The van der Waals surface area contributed by atoms with Gasteiger partial charge in [0.15, 0.2) is 5.82 Å². The molecule has 1 saturated heterocycles. The Morgan fingerprint density at radius 2 is 2.33 bits per heavy atom. The fourth-order valence-corrected chi connectivity index (χ4v) is 1.15. The van der Waals surface area contributed by atoms with Gasteiger partial charge in [-0.1, -0.05) is 0 Å². The normalized spacial score (nSPS) is 15.8. The van der Waals surface area contributed by atoms with E-state index in [2.05, 4.69) is 9.97 Å². The van der Waals surface area contributed by atoms with E-state index in [1.807, 2.05) is 4.90 Å². The highest BCUT2D eigenvalue weighted by Crippen LogP contribution is 2.11. The molecule has 0 atom stereocenters. The summed E-state index contributed by atoms with van der Waals surface area (Å²) in [5.41, 5.74) is 0.195. The van der Waals surface area contributed by atoms with Gasteiger partial charge in [0.25, 0.3) is 5.56 Å². The summed E-state index contributed by atoms with van der Waals surface area (Å²) in [6.07, 6.45) is 2.53. The van der Waals surface area contributed by atoms with E-state index < -0.39 is 0 Å². The van der Waals surface area contributed by atoms with Gasteiger partial charge < -0.3 is 9.88 Å². The molecule has 1 aliphatic heterocycles. The zero-order valence-corrected chi connectivity index (χ0v) is 6.58. The van der Waals surface area contributed by atoms with Gasteiger partial charge in [0.2, 0.25) is 0 Å². The third kappa shape index (κ3) is 1.11. The van der Waals surface area contributed by atoms with Crippen LogP contribution in [-0.2, 0) is 0 Å². The molecule has 2 heterocycles. The Bertz CT molecular complexity index is 345.